The third kappa shape index (κ3) is 4.16. The topological polar surface area (TPSA) is 75.6 Å². The number of hydrogen-bond donors (Lipinski definition) is 0. The molecule has 160 valence electrons. The molecular weight excluding hydrogens is 412 g/mol. The predicted octanol–water partition coefficient (Wildman–Crippen LogP) is 3.85. The lowest BCUT2D eigenvalue weighted by atomic mass is 10.1. The number of thiazole rings is 1. The van der Waals surface area contributed by atoms with E-state index < -0.39 is 6.10 Å². The number of carbonyl (C=O) groups is 2. The van der Waals surface area contributed by atoms with Crippen molar-refractivity contribution in [2.75, 3.05) is 24.5 Å². The average molecular weight is 437 g/mol. The minimum absolute atomic E-state index is 0.0130. The Bertz CT molecular complexity index is 1100. The van der Waals surface area contributed by atoms with Gasteiger partial charge in [0.15, 0.2) is 6.10 Å². The first kappa shape index (κ1) is 21.0. The largest absolute Gasteiger partial charge is 0.479 e. The van der Waals surface area contributed by atoms with Gasteiger partial charge < -0.3 is 9.64 Å². The Balaban J connectivity index is 1.67. The maximum absolute atomic E-state index is 12.9. The smallest absolute Gasteiger partial charge is 0.268 e. The molecule has 7 nitrogen and oxygen atoms in total. The Morgan fingerprint density at radius 2 is 2.00 bits per heavy atom. The number of amides is 2. The van der Waals surface area contributed by atoms with Gasteiger partial charge in [-0.15, -0.1) is 11.3 Å². The summed E-state index contributed by atoms with van der Waals surface area (Å²) in [7, 11) is 0. The van der Waals surface area contributed by atoms with Crippen LogP contribution in [0.1, 0.15) is 20.8 Å². The molecule has 3 aromatic rings. The Labute approximate surface area is 185 Å². The summed E-state index contributed by atoms with van der Waals surface area (Å²) in [6.45, 7) is 6.75. The summed E-state index contributed by atoms with van der Waals surface area (Å²) in [5, 5.41) is 2.79. The van der Waals surface area contributed by atoms with Crippen LogP contribution in [0.4, 0.5) is 5.69 Å². The number of anilines is 1. The first-order valence-electron chi connectivity index (χ1n) is 10.3. The molecule has 1 aromatic carbocycles. The van der Waals surface area contributed by atoms with E-state index in [1.807, 2.05) is 55.6 Å². The van der Waals surface area contributed by atoms with Gasteiger partial charge in [0.1, 0.15) is 17.3 Å². The van der Waals surface area contributed by atoms with Crippen molar-refractivity contribution in [3.8, 4) is 27.7 Å². The predicted molar refractivity (Wildman–Crippen MR) is 121 cm³/mol. The van der Waals surface area contributed by atoms with Crippen LogP contribution in [0, 0.1) is 0 Å². The maximum atomic E-state index is 12.9. The summed E-state index contributed by atoms with van der Waals surface area (Å²) in [4.78, 5) is 37.9. The highest BCUT2D eigenvalue weighted by Crippen LogP contribution is 2.38. The summed E-state index contributed by atoms with van der Waals surface area (Å²) in [5.41, 5.74) is 3.04. The van der Waals surface area contributed by atoms with Gasteiger partial charge in [-0.2, -0.15) is 0 Å². The van der Waals surface area contributed by atoms with Crippen LogP contribution in [0.3, 0.4) is 0 Å². The molecule has 0 saturated heterocycles. The van der Waals surface area contributed by atoms with Crippen molar-refractivity contribution < 1.29 is 14.3 Å². The average Bonchev–Trinajstić information content (AvgIpc) is 3.28. The third-order valence-corrected chi connectivity index (χ3v) is 6.13. The van der Waals surface area contributed by atoms with E-state index in [0.29, 0.717) is 24.5 Å². The second-order valence-electron chi connectivity index (χ2n) is 7.19. The van der Waals surface area contributed by atoms with Gasteiger partial charge in [0.25, 0.3) is 5.91 Å². The molecule has 1 unspecified atom stereocenters. The van der Waals surface area contributed by atoms with Crippen molar-refractivity contribution in [3.63, 3.8) is 0 Å². The number of rotatable bonds is 6. The van der Waals surface area contributed by atoms with Crippen molar-refractivity contribution in [3.05, 3.63) is 48.0 Å². The van der Waals surface area contributed by atoms with E-state index >= 15 is 0 Å². The number of benzene rings is 1. The maximum Gasteiger partial charge on any atom is 0.268 e. The molecule has 0 aliphatic carbocycles. The summed E-state index contributed by atoms with van der Waals surface area (Å²) >= 11 is 1.51. The number of hydrogen-bond acceptors (Lipinski definition) is 6. The highest BCUT2D eigenvalue weighted by atomic mass is 32.1. The normalized spacial score (nSPS) is 15.4. The van der Waals surface area contributed by atoms with Crippen LogP contribution >= 0.6 is 11.3 Å². The van der Waals surface area contributed by atoms with Crippen LogP contribution < -0.4 is 9.64 Å². The molecule has 1 aliphatic heterocycles. The summed E-state index contributed by atoms with van der Waals surface area (Å²) in [6.07, 6.45) is 1.10. The molecule has 2 aromatic heterocycles. The van der Waals surface area contributed by atoms with E-state index in [-0.39, 0.29) is 18.4 Å². The Hall–Kier alpha value is -3.26. The van der Waals surface area contributed by atoms with Crippen molar-refractivity contribution in [1.29, 1.82) is 0 Å². The molecule has 0 fully saturated rings. The highest BCUT2D eigenvalue weighted by Gasteiger charge is 2.33. The second kappa shape index (κ2) is 8.85. The standard InChI is InChI=1S/C23H24N4O3S/c1-4-26(5-2)21(28)13-27-19-12-16(9-10-20(19)30-15(3)23(27)29)18-14-31-22(25-18)17-8-6-7-11-24-17/h6-12,14-15H,4-5,13H2,1-3H3. The molecule has 1 atom stereocenters. The molecule has 31 heavy (non-hydrogen) atoms. The zero-order chi connectivity index (χ0) is 22.0. The minimum Gasteiger partial charge on any atom is -0.479 e. The molecular formula is C23H24N4O3S. The summed E-state index contributed by atoms with van der Waals surface area (Å²) < 4.78 is 5.79. The van der Waals surface area contributed by atoms with Crippen LogP contribution in [0.25, 0.3) is 22.0 Å². The number of fused-ring (bicyclic) bond motifs is 1. The lowest BCUT2D eigenvalue weighted by Gasteiger charge is -2.34. The molecule has 0 radical (unpaired) electrons. The number of carbonyl (C=O) groups excluding carboxylic acids is 2. The molecule has 2 amide bonds. The van der Waals surface area contributed by atoms with Crippen LogP contribution in [0.5, 0.6) is 5.75 Å². The van der Waals surface area contributed by atoms with Gasteiger partial charge in [0.2, 0.25) is 5.91 Å². The quantitative estimate of drug-likeness (QED) is 0.587. The van der Waals surface area contributed by atoms with Gasteiger partial charge in [0, 0.05) is 30.2 Å². The van der Waals surface area contributed by atoms with E-state index in [4.69, 9.17) is 9.72 Å². The van der Waals surface area contributed by atoms with Crippen molar-refractivity contribution in [2.24, 2.45) is 0 Å². The van der Waals surface area contributed by atoms with E-state index in [1.54, 1.807) is 18.0 Å². The number of pyridine rings is 1. The fraction of sp³-hybridized carbons (Fsp3) is 0.304. The van der Waals surface area contributed by atoms with E-state index in [9.17, 15) is 9.59 Å². The summed E-state index contributed by atoms with van der Waals surface area (Å²) in [6, 6.07) is 11.3. The molecule has 0 N–H and O–H groups in total. The SMILES string of the molecule is CCN(CC)C(=O)CN1C(=O)C(C)Oc2ccc(-c3csc(-c4ccccn4)n3)cc21. The van der Waals surface area contributed by atoms with Crippen LogP contribution in [-0.4, -0.2) is 52.4 Å². The fourth-order valence-electron chi connectivity index (χ4n) is 3.55. The zero-order valence-electron chi connectivity index (χ0n) is 17.7. The molecule has 4 rings (SSSR count). The molecule has 0 bridgehead atoms. The van der Waals surface area contributed by atoms with Crippen LogP contribution in [0.15, 0.2) is 48.0 Å². The minimum atomic E-state index is -0.641. The van der Waals surface area contributed by atoms with Gasteiger partial charge in [0.05, 0.1) is 17.1 Å². The molecule has 0 spiro atoms. The van der Waals surface area contributed by atoms with Gasteiger partial charge in [-0.05, 0) is 51.1 Å². The van der Waals surface area contributed by atoms with Crippen LogP contribution in [-0.2, 0) is 9.59 Å². The van der Waals surface area contributed by atoms with Gasteiger partial charge in [-0.3, -0.25) is 19.5 Å². The van der Waals surface area contributed by atoms with Crippen molar-refractivity contribution in [1.82, 2.24) is 14.9 Å². The Morgan fingerprint density at radius 3 is 2.71 bits per heavy atom. The van der Waals surface area contributed by atoms with E-state index in [2.05, 4.69) is 4.98 Å². The number of nitrogens with zero attached hydrogens (tertiary/aromatic N) is 4. The molecule has 0 saturated carbocycles. The molecule has 8 heteroatoms. The molecule has 1 aliphatic rings. The van der Waals surface area contributed by atoms with Crippen molar-refractivity contribution in [2.45, 2.75) is 26.9 Å². The highest BCUT2D eigenvalue weighted by molar-refractivity contribution is 7.13. The fourth-order valence-corrected chi connectivity index (χ4v) is 4.36. The Kier molecular flexibility index (Phi) is 5.99. The first-order chi connectivity index (χ1) is 15.0. The molecule has 3 heterocycles. The number of aromatic nitrogens is 2. The van der Waals surface area contributed by atoms with Gasteiger partial charge in [-0.1, -0.05) is 6.07 Å². The number of ether oxygens (including phenoxy) is 1. The lowest BCUT2D eigenvalue weighted by Crippen LogP contribution is -2.49. The Morgan fingerprint density at radius 1 is 1.19 bits per heavy atom. The first-order valence-corrected chi connectivity index (χ1v) is 11.2. The number of likely N-dealkylation sites (N-methyl/N-ethyl adjacent to an activating group) is 1. The third-order valence-electron chi connectivity index (χ3n) is 5.26. The van der Waals surface area contributed by atoms with E-state index in [0.717, 1.165) is 22.0 Å². The van der Waals surface area contributed by atoms with Gasteiger partial charge >= 0.3 is 0 Å². The van der Waals surface area contributed by atoms with Crippen LogP contribution in [0.2, 0.25) is 0 Å². The second-order valence-corrected chi connectivity index (χ2v) is 8.04. The monoisotopic (exact) mass is 436 g/mol. The zero-order valence-corrected chi connectivity index (χ0v) is 18.6. The van der Waals surface area contributed by atoms with Crippen molar-refractivity contribution >= 4 is 28.8 Å². The summed E-state index contributed by atoms with van der Waals surface area (Å²) in [5.74, 6) is 0.274. The van der Waals surface area contributed by atoms with E-state index in [1.165, 1.54) is 16.2 Å². The van der Waals surface area contributed by atoms with Gasteiger partial charge in [-0.25, -0.2) is 4.98 Å². The lowest BCUT2D eigenvalue weighted by molar-refractivity contribution is -0.132.